The quantitative estimate of drug-likeness (QED) is 0.173. The number of thiophene rings is 1. The molecule has 5 aromatic heterocycles. The predicted octanol–water partition coefficient (Wildman–Crippen LogP) is 8.22. The van der Waals surface area contributed by atoms with Crippen LogP contribution in [0.15, 0.2) is 95.7 Å². The largest absolute Gasteiger partial charge is 0.486 e. The second kappa shape index (κ2) is 10.7. The Kier molecular flexibility index (Phi) is 7.24. The minimum Gasteiger partial charge on any atom is -0.486 e. The maximum Gasteiger partial charge on any atom is 0.216 e. The molecule has 0 atom stereocenters. The zero-order valence-corrected chi connectivity index (χ0v) is 23.4. The van der Waals surface area contributed by atoms with Crippen LogP contribution >= 0.6 is 11.3 Å². The molecule has 5 heterocycles. The topological polar surface area (TPSA) is 51.8 Å². The van der Waals surface area contributed by atoms with Gasteiger partial charge in [0.15, 0.2) is 0 Å². The van der Waals surface area contributed by atoms with Crippen LogP contribution in [0.2, 0.25) is 0 Å². The molecule has 0 fully saturated rings. The number of aryl methyl sites for hydroxylation is 2. The molecule has 2 aromatic carbocycles. The average molecular weight is 676 g/mol. The van der Waals surface area contributed by atoms with Crippen LogP contribution in [-0.4, -0.2) is 15.0 Å². The molecule has 0 N–H and O–H groups in total. The predicted molar refractivity (Wildman–Crippen MR) is 147 cm³/mol. The summed E-state index contributed by atoms with van der Waals surface area (Å²) in [6.07, 6.45) is 3.64. The zero-order valence-electron chi connectivity index (χ0n) is 20.2. The molecule has 6 heteroatoms. The average Bonchev–Trinajstić information content (AvgIpc) is 3.49. The van der Waals surface area contributed by atoms with Crippen molar-refractivity contribution in [2.24, 2.45) is 0 Å². The van der Waals surface area contributed by atoms with Crippen molar-refractivity contribution in [2.45, 2.75) is 13.8 Å². The van der Waals surface area contributed by atoms with Crippen molar-refractivity contribution in [1.82, 2.24) is 15.0 Å². The van der Waals surface area contributed by atoms with Gasteiger partial charge >= 0.3 is 0 Å². The van der Waals surface area contributed by atoms with Crippen LogP contribution in [0, 0.1) is 26.0 Å². The van der Waals surface area contributed by atoms with E-state index in [1.165, 1.54) is 15.0 Å². The van der Waals surface area contributed by atoms with Gasteiger partial charge in [-0.2, -0.15) is 0 Å². The fourth-order valence-corrected chi connectivity index (χ4v) is 5.24. The van der Waals surface area contributed by atoms with Crippen LogP contribution in [-0.2, 0) is 20.1 Å². The van der Waals surface area contributed by atoms with E-state index < -0.39 is 0 Å². The molecule has 0 aliphatic heterocycles. The van der Waals surface area contributed by atoms with E-state index in [1.54, 1.807) is 17.5 Å². The third-order valence-electron chi connectivity index (χ3n) is 5.88. The molecule has 0 spiro atoms. The molecular weight excluding hydrogens is 655 g/mol. The van der Waals surface area contributed by atoms with Gasteiger partial charge in [0, 0.05) is 58.9 Å². The van der Waals surface area contributed by atoms with Gasteiger partial charge in [-0.1, -0.05) is 23.1 Å². The van der Waals surface area contributed by atoms with Crippen LogP contribution in [0.4, 0.5) is 0 Å². The minimum atomic E-state index is 0. The van der Waals surface area contributed by atoms with Crippen LogP contribution in [0.3, 0.4) is 0 Å². The maximum atomic E-state index is 6.10. The summed E-state index contributed by atoms with van der Waals surface area (Å²) >= 11 is 1.75. The molecule has 37 heavy (non-hydrogen) atoms. The second-order valence-electron chi connectivity index (χ2n) is 8.43. The molecule has 7 aromatic rings. The van der Waals surface area contributed by atoms with E-state index in [1.807, 2.05) is 79.9 Å². The van der Waals surface area contributed by atoms with Crippen molar-refractivity contribution in [3.8, 4) is 22.5 Å². The van der Waals surface area contributed by atoms with Gasteiger partial charge in [-0.15, -0.1) is 65.4 Å². The summed E-state index contributed by atoms with van der Waals surface area (Å²) in [5.41, 5.74) is 6.25. The van der Waals surface area contributed by atoms with Gasteiger partial charge in [0.25, 0.3) is 0 Å². The minimum absolute atomic E-state index is 0. The van der Waals surface area contributed by atoms with E-state index in [9.17, 15) is 0 Å². The van der Waals surface area contributed by atoms with Crippen LogP contribution in [0.1, 0.15) is 10.6 Å². The number of hydrogen-bond acceptors (Lipinski definition) is 5. The van der Waals surface area contributed by atoms with E-state index >= 15 is 0 Å². The van der Waals surface area contributed by atoms with E-state index in [2.05, 4.69) is 46.1 Å². The first kappa shape index (κ1) is 25.0. The number of benzene rings is 2. The Hall–Kier alpha value is -3.70. The van der Waals surface area contributed by atoms with Crippen molar-refractivity contribution >= 4 is 43.5 Å². The molecule has 0 aliphatic rings. The summed E-state index contributed by atoms with van der Waals surface area (Å²) in [6, 6.07) is 32.4. The van der Waals surface area contributed by atoms with Gasteiger partial charge in [-0.25, -0.2) is 4.98 Å². The second-order valence-corrected chi connectivity index (χ2v) is 9.69. The normalized spacial score (nSPS) is 10.8. The Morgan fingerprint density at radius 3 is 2.51 bits per heavy atom. The Morgan fingerprint density at radius 1 is 0.811 bits per heavy atom. The fraction of sp³-hybridized carbons (Fsp3) is 0.0645. The van der Waals surface area contributed by atoms with Crippen molar-refractivity contribution in [1.29, 1.82) is 0 Å². The fourth-order valence-electron chi connectivity index (χ4n) is 4.24. The van der Waals surface area contributed by atoms with Crippen LogP contribution < -0.4 is 0 Å². The molecule has 0 unspecified atom stereocenters. The van der Waals surface area contributed by atoms with E-state index in [0.717, 1.165) is 44.6 Å². The number of aromatic nitrogens is 3. The number of pyridine rings is 3. The molecule has 0 saturated carbocycles. The molecule has 0 aliphatic carbocycles. The summed E-state index contributed by atoms with van der Waals surface area (Å²) in [5.74, 6) is 0. The van der Waals surface area contributed by atoms with E-state index in [0.29, 0.717) is 5.71 Å². The Morgan fingerprint density at radius 2 is 1.70 bits per heavy atom. The Labute approximate surface area is 232 Å². The van der Waals surface area contributed by atoms with Gasteiger partial charge < -0.3 is 14.4 Å². The third kappa shape index (κ3) is 4.96. The summed E-state index contributed by atoms with van der Waals surface area (Å²) in [5, 5.41) is 3.29. The number of furan rings is 1. The van der Waals surface area contributed by atoms with E-state index in [4.69, 9.17) is 4.42 Å². The van der Waals surface area contributed by atoms with Gasteiger partial charge in [-0.3, -0.25) is 0 Å². The van der Waals surface area contributed by atoms with Crippen molar-refractivity contribution < 1.29 is 24.5 Å². The SMILES string of the molecule is Cc1ccc2c(n1)oc1c(-c3nccc4cc(C)sc34)[c-]ccc12.[Ir].[c-]1ccccc1-c1ccccn1. The number of nitrogens with zero attached hydrogens (tertiary/aromatic N) is 3. The van der Waals surface area contributed by atoms with Gasteiger partial charge in [0.1, 0.15) is 0 Å². The summed E-state index contributed by atoms with van der Waals surface area (Å²) in [7, 11) is 0. The standard InChI is InChI=1S/C20H13N2OS.C11H8N.Ir/c1-11-6-7-15-14-4-3-5-16(18(14)23-20(15)22-11)17-19-13(8-9-21-17)10-12(2)24-19;1-2-6-10(7-3-1)11-8-4-5-9-12-11;/h3-4,6-10H,1-2H3;1-6,8-9H;/q2*-1;. The number of fused-ring (bicyclic) bond motifs is 4. The molecule has 183 valence electrons. The third-order valence-corrected chi connectivity index (χ3v) is 6.95. The number of hydrogen-bond donors (Lipinski definition) is 0. The molecule has 7 rings (SSSR count). The molecule has 1 radical (unpaired) electrons. The summed E-state index contributed by atoms with van der Waals surface area (Å²) < 4.78 is 7.27. The molecule has 0 bridgehead atoms. The van der Waals surface area contributed by atoms with Crippen molar-refractivity contribution in [3.05, 3.63) is 114 Å². The molecule has 4 nitrogen and oxygen atoms in total. The smallest absolute Gasteiger partial charge is 0.216 e. The van der Waals surface area contributed by atoms with Crippen LogP contribution in [0.5, 0.6) is 0 Å². The Bertz CT molecular complexity index is 1770. The van der Waals surface area contributed by atoms with E-state index in [-0.39, 0.29) is 20.1 Å². The molecular formula is C31H21IrN3OS-2. The Balaban J connectivity index is 0.000000183. The van der Waals surface area contributed by atoms with Crippen molar-refractivity contribution in [3.63, 3.8) is 0 Å². The number of rotatable bonds is 2. The first-order chi connectivity index (χ1) is 17.7. The maximum absolute atomic E-state index is 6.10. The monoisotopic (exact) mass is 676 g/mol. The van der Waals surface area contributed by atoms with Crippen molar-refractivity contribution in [2.75, 3.05) is 0 Å². The zero-order chi connectivity index (χ0) is 24.5. The van der Waals surface area contributed by atoms with Gasteiger partial charge in [0.2, 0.25) is 5.71 Å². The van der Waals surface area contributed by atoms with Gasteiger partial charge in [0.05, 0.1) is 5.58 Å². The summed E-state index contributed by atoms with van der Waals surface area (Å²) in [4.78, 5) is 14.6. The van der Waals surface area contributed by atoms with Gasteiger partial charge in [-0.05, 0) is 55.3 Å². The first-order valence-corrected chi connectivity index (χ1v) is 12.4. The molecule has 0 amide bonds. The first-order valence-electron chi connectivity index (χ1n) is 11.6. The molecule has 0 saturated heterocycles. The summed E-state index contributed by atoms with van der Waals surface area (Å²) in [6.45, 7) is 4.09. The van der Waals surface area contributed by atoms with Crippen LogP contribution in [0.25, 0.3) is 54.7 Å².